The average molecular weight is 571 g/mol. The Morgan fingerprint density at radius 2 is 1.71 bits per heavy atom. The number of primary amides is 1. The minimum Gasteiger partial charge on any atom is -0.368 e. The molecule has 1 aliphatic rings. The molecule has 14 nitrogen and oxygen atoms in total. The van der Waals surface area contributed by atoms with Crippen LogP contribution in [0.15, 0.2) is 12.5 Å². The maximum atomic E-state index is 13.1. The van der Waals surface area contributed by atoms with Crippen molar-refractivity contribution >= 4 is 57.0 Å². The molecule has 1 aliphatic heterocycles. The van der Waals surface area contributed by atoms with Crippen molar-refractivity contribution in [3.63, 3.8) is 0 Å². The molecule has 5 atom stereocenters. The van der Waals surface area contributed by atoms with Gasteiger partial charge in [0.25, 0.3) is 0 Å². The van der Waals surface area contributed by atoms with Crippen molar-refractivity contribution in [2.24, 2.45) is 11.7 Å². The van der Waals surface area contributed by atoms with Crippen molar-refractivity contribution in [2.75, 3.05) is 11.5 Å². The van der Waals surface area contributed by atoms with Gasteiger partial charge in [-0.1, -0.05) is 35.4 Å². The Labute approximate surface area is 227 Å². The van der Waals surface area contributed by atoms with E-state index < -0.39 is 65.7 Å². The molecule has 38 heavy (non-hydrogen) atoms. The van der Waals surface area contributed by atoms with E-state index in [9.17, 15) is 28.8 Å². The van der Waals surface area contributed by atoms with Gasteiger partial charge in [0.15, 0.2) is 0 Å². The highest BCUT2D eigenvalue weighted by Crippen LogP contribution is 2.23. The van der Waals surface area contributed by atoms with Crippen molar-refractivity contribution < 1.29 is 28.8 Å². The Bertz CT molecular complexity index is 1020. The maximum absolute atomic E-state index is 13.1. The van der Waals surface area contributed by atoms with E-state index in [4.69, 9.17) is 5.73 Å². The molecule has 1 fully saturated rings. The second-order valence-corrected chi connectivity index (χ2v) is 11.6. The van der Waals surface area contributed by atoms with Crippen molar-refractivity contribution in [3.8, 4) is 0 Å². The summed E-state index contributed by atoms with van der Waals surface area (Å²) >= 11 is 0. The number of aromatic amines is 1. The Morgan fingerprint density at radius 1 is 1.03 bits per heavy atom. The van der Waals surface area contributed by atoms with Crippen LogP contribution in [0, 0.1) is 5.92 Å². The van der Waals surface area contributed by atoms with Crippen LogP contribution in [0.25, 0.3) is 0 Å². The SMILES string of the molecule is CC(=O)N[C@@H]1CSSC[C@H](C(N)=O)NC(=O)[C@H](C(C)C)NC(=O)[C@H](C)NC(=O)[C@@H](Cc2cnc[nH]2)NC1=O. The fourth-order valence-corrected chi connectivity index (χ4v) is 5.75. The quantitative estimate of drug-likeness (QED) is 0.194. The summed E-state index contributed by atoms with van der Waals surface area (Å²) in [4.78, 5) is 82.6. The molecule has 0 aromatic carbocycles. The third kappa shape index (κ3) is 9.55. The van der Waals surface area contributed by atoms with Gasteiger partial charge in [-0.05, 0) is 12.8 Å². The zero-order valence-electron chi connectivity index (χ0n) is 21.5. The Balaban J connectivity index is 2.36. The van der Waals surface area contributed by atoms with Gasteiger partial charge in [0.2, 0.25) is 35.4 Å². The van der Waals surface area contributed by atoms with E-state index in [0.717, 1.165) is 0 Å². The van der Waals surface area contributed by atoms with Gasteiger partial charge in [-0.2, -0.15) is 0 Å². The lowest BCUT2D eigenvalue weighted by molar-refractivity contribution is -0.135. The lowest BCUT2D eigenvalue weighted by atomic mass is 10.0. The summed E-state index contributed by atoms with van der Waals surface area (Å²) in [5.41, 5.74) is 6.02. The number of amides is 6. The third-order valence-corrected chi connectivity index (χ3v) is 7.94. The predicted molar refractivity (Wildman–Crippen MR) is 142 cm³/mol. The first kappa shape index (κ1) is 31.0. The zero-order chi connectivity index (χ0) is 28.4. The molecule has 0 unspecified atom stereocenters. The number of carbonyl (C=O) groups excluding carboxylic acids is 6. The molecule has 1 aromatic rings. The first-order chi connectivity index (χ1) is 17.9. The number of H-pyrrole nitrogens is 1. The molecule has 0 aliphatic carbocycles. The molecule has 0 saturated carbocycles. The number of hydrogen-bond donors (Lipinski definition) is 7. The summed E-state index contributed by atoms with van der Waals surface area (Å²) in [6.45, 7) is 6.13. The fraction of sp³-hybridized carbons (Fsp3) is 0.591. The van der Waals surface area contributed by atoms with E-state index in [0.29, 0.717) is 5.69 Å². The van der Waals surface area contributed by atoms with Gasteiger partial charge in [0, 0.05) is 36.7 Å². The van der Waals surface area contributed by atoms with E-state index in [1.165, 1.54) is 48.0 Å². The van der Waals surface area contributed by atoms with Crippen LogP contribution in [0.2, 0.25) is 0 Å². The largest absolute Gasteiger partial charge is 0.368 e. The van der Waals surface area contributed by atoms with Gasteiger partial charge < -0.3 is 37.3 Å². The molecule has 16 heteroatoms. The smallest absolute Gasteiger partial charge is 0.244 e. The standard InChI is InChI=1S/C22H34N8O6S2/c1-10(2)17-22(36)29-15(18(23)32)7-37-38-8-16(27-12(4)31)21(35)28-14(5-13-6-24-9-25-13)20(34)26-11(3)19(33)30-17/h6,9-11,14-17H,5,7-8H2,1-4H3,(H2,23,32)(H,24,25)(H,26,34)(H,27,31)(H,28,35)(H,29,36)(H,30,33)/t11-,14+,15+,16+,17-/m0/s1. The van der Waals surface area contributed by atoms with Gasteiger partial charge >= 0.3 is 0 Å². The van der Waals surface area contributed by atoms with Crippen LogP contribution in [0.3, 0.4) is 0 Å². The van der Waals surface area contributed by atoms with E-state index in [1.807, 2.05) is 0 Å². The highest BCUT2D eigenvalue weighted by Gasteiger charge is 2.32. The van der Waals surface area contributed by atoms with Crippen LogP contribution in [0.1, 0.15) is 33.4 Å². The van der Waals surface area contributed by atoms with Crippen LogP contribution in [0.5, 0.6) is 0 Å². The van der Waals surface area contributed by atoms with Crippen LogP contribution in [-0.4, -0.2) is 87.1 Å². The summed E-state index contributed by atoms with van der Waals surface area (Å²) in [6, 6.07) is -5.23. The zero-order valence-corrected chi connectivity index (χ0v) is 23.2. The van der Waals surface area contributed by atoms with E-state index in [2.05, 4.69) is 36.6 Å². The lowest BCUT2D eigenvalue weighted by Gasteiger charge is -2.26. The van der Waals surface area contributed by atoms with Gasteiger partial charge in [-0.3, -0.25) is 28.8 Å². The lowest BCUT2D eigenvalue weighted by Crippen LogP contribution is -2.59. The van der Waals surface area contributed by atoms with Crippen LogP contribution in [-0.2, 0) is 35.2 Å². The molecule has 6 amide bonds. The average Bonchev–Trinajstić information content (AvgIpc) is 3.34. The molecule has 1 aromatic heterocycles. The molecular formula is C22H34N8O6S2. The number of rotatable bonds is 5. The van der Waals surface area contributed by atoms with Crippen molar-refractivity contribution in [1.82, 2.24) is 36.6 Å². The topological polar surface area (TPSA) is 217 Å². The summed E-state index contributed by atoms with van der Waals surface area (Å²) in [5.74, 6) is -3.89. The van der Waals surface area contributed by atoms with Crippen molar-refractivity contribution in [3.05, 3.63) is 18.2 Å². The predicted octanol–water partition coefficient (Wildman–Crippen LogP) is -2.05. The molecule has 8 N–H and O–H groups in total. The van der Waals surface area contributed by atoms with E-state index >= 15 is 0 Å². The van der Waals surface area contributed by atoms with E-state index in [1.54, 1.807) is 13.8 Å². The highest BCUT2D eigenvalue weighted by atomic mass is 33.1. The van der Waals surface area contributed by atoms with Crippen LogP contribution in [0.4, 0.5) is 0 Å². The van der Waals surface area contributed by atoms with Gasteiger partial charge in [0.1, 0.15) is 30.2 Å². The third-order valence-electron chi connectivity index (χ3n) is 5.52. The summed E-state index contributed by atoms with van der Waals surface area (Å²) < 4.78 is 0. The number of nitrogens with one attached hydrogen (secondary N) is 6. The fourth-order valence-electron chi connectivity index (χ4n) is 3.41. The van der Waals surface area contributed by atoms with Gasteiger partial charge in [-0.15, -0.1) is 0 Å². The summed E-state index contributed by atoms with van der Waals surface area (Å²) in [7, 11) is 2.35. The number of aromatic nitrogens is 2. The number of nitrogens with zero attached hydrogens (tertiary/aromatic N) is 1. The highest BCUT2D eigenvalue weighted by molar-refractivity contribution is 8.76. The number of nitrogens with two attached hydrogens (primary N) is 1. The van der Waals surface area contributed by atoms with Crippen molar-refractivity contribution in [2.45, 2.75) is 64.3 Å². The minimum atomic E-state index is -1.11. The second kappa shape index (κ2) is 14.6. The second-order valence-electron chi connectivity index (χ2n) is 9.09. The Kier molecular flexibility index (Phi) is 11.9. The molecular weight excluding hydrogens is 536 g/mol. The van der Waals surface area contributed by atoms with Crippen LogP contribution < -0.4 is 32.3 Å². The normalized spacial score (nSPS) is 26.4. The summed E-state index contributed by atoms with van der Waals surface area (Å²) in [6.07, 6.45) is 2.96. The van der Waals surface area contributed by atoms with Crippen LogP contribution >= 0.6 is 21.6 Å². The van der Waals surface area contributed by atoms with Gasteiger partial charge in [-0.25, -0.2) is 4.98 Å². The molecule has 0 spiro atoms. The molecule has 0 radical (unpaired) electrons. The van der Waals surface area contributed by atoms with E-state index in [-0.39, 0.29) is 23.8 Å². The Hall–Kier alpha value is -3.27. The van der Waals surface area contributed by atoms with Gasteiger partial charge in [0.05, 0.1) is 6.33 Å². The molecule has 2 rings (SSSR count). The van der Waals surface area contributed by atoms with Crippen molar-refractivity contribution in [1.29, 1.82) is 0 Å². The number of imidazole rings is 1. The Morgan fingerprint density at radius 3 is 2.29 bits per heavy atom. The molecule has 2 heterocycles. The maximum Gasteiger partial charge on any atom is 0.244 e. The number of carbonyl (C=O) groups is 6. The first-order valence-electron chi connectivity index (χ1n) is 11.9. The number of hydrogen-bond acceptors (Lipinski definition) is 9. The first-order valence-corrected chi connectivity index (χ1v) is 14.4. The summed E-state index contributed by atoms with van der Waals surface area (Å²) in [5, 5.41) is 12.9. The molecule has 1 saturated heterocycles. The molecule has 0 bridgehead atoms. The molecule has 210 valence electrons. The minimum absolute atomic E-state index is 0.0396. The monoisotopic (exact) mass is 570 g/mol.